The molecule has 0 radical (unpaired) electrons. The van der Waals surface area contributed by atoms with Gasteiger partial charge in [-0.25, -0.2) is 0 Å². The Morgan fingerprint density at radius 1 is 1.19 bits per heavy atom. The summed E-state index contributed by atoms with van der Waals surface area (Å²) >= 11 is 0. The van der Waals surface area contributed by atoms with Crippen LogP contribution >= 0.6 is 0 Å². The third kappa shape index (κ3) is 2.60. The van der Waals surface area contributed by atoms with E-state index >= 15 is 0 Å². The number of rotatable bonds is 3. The Labute approximate surface area is 127 Å². The molecule has 0 saturated carbocycles. The van der Waals surface area contributed by atoms with Crippen LogP contribution in [0.15, 0.2) is 34.5 Å². The molecule has 0 fully saturated rings. The van der Waals surface area contributed by atoms with Crippen molar-refractivity contribution < 1.29 is 5.21 Å². The number of nitrogens with zero attached hydrogens (tertiary/aromatic N) is 2. The molecule has 1 aromatic carbocycles. The Bertz CT molecular complexity index is 651. The zero-order valence-corrected chi connectivity index (χ0v) is 13.7. The minimum Gasteiger partial charge on any atom is -0.411 e. The molecule has 1 aliphatic rings. The molecular formula is C18H24N2O. The second-order valence-electron chi connectivity index (χ2n) is 5.99. The van der Waals surface area contributed by atoms with E-state index in [9.17, 15) is 0 Å². The molecule has 1 atom stereocenters. The molecule has 0 amide bonds. The fourth-order valence-electron chi connectivity index (χ4n) is 3.25. The van der Waals surface area contributed by atoms with E-state index in [1.807, 2.05) is 14.1 Å². The predicted molar refractivity (Wildman–Crippen MR) is 90.4 cm³/mol. The van der Waals surface area contributed by atoms with Crippen LogP contribution in [0.5, 0.6) is 0 Å². The van der Waals surface area contributed by atoms with Gasteiger partial charge in [0, 0.05) is 31.3 Å². The molecular weight excluding hydrogens is 260 g/mol. The van der Waals surface area contributed by atoms with Gasteiger partial charge in [-0.3, -0.25) is 0 Å². The molecule has 0 aliphatic heterocycles. The fraction of sp³-hybridized carbons (Fsp3) is 0.389. The molecule has 0 bridgehead atoms. The molecule has 1 N–H and O–H groups in total. The normalized spacial score (nSPS) is 18.6. The predicted octanol–water partition coefficient (Wildman–Crippen LogP) is 4.24. The summed E-state index contributed by atoms with van der Waals surface area (Å²) in [6.45, 7) is 8.61. The average Bonchev–Trinajstić information content (AvgIpc) is 2.66. The maximum Gasteiger partial charge on any atom is 0.0743 e. The summed E-state index contributed by atoms with van der Waals surface area (Å²) in [6.07, 6.45) is 3.85. The van der Waals surface area contributed by atoms with E-state index < -0.39 is 0 Å². The molecule has 0 aromatic heterocycles. The van der Waals surface area contributed by atoms with Crippen molar-refractivity contribution in [2.45, 2.75) is 27.7 Å². The van der Waals surface area contributed by atoms with Crippen LogP contribution in [0.25, 0.3) is 5.57 Å². The number of benzene rings is 1. The number of oxime groups is 1. The van der Waals surface area contributed by atoms with Gasteiger partial charge in [0.15, 0.2) is 0 Å². The van der Waals surface area contributed by atoms with Crippen molar-refractivity contribution in [3.8, 4) is 0 Å². The van der Waals surface area contributed by atoms with E-state index in [1.165, 1.54) is 16.7 Å². The second kappa shape index (κ2) is 5.76. The van der Waals surface area contributed by atoms with Gasteiger partial charge >= 0.3 is 0 Å². The van der Waals surface area contributed by atoms with Crippen LogP contribution < -0.4 is 4.90 Å². The first-order valence-corrected chi connectivity index (χ1v) is 7.26. The van der Waals surface area contributed by atoms with Gasteiger partial charge in [0.2, 0.25) is 0 Å². The first kappa shape index (κ1) is 15.4. The SMILES string of the molecule is CC1=CC(C)C(c2ccc(N(C)C)c(C)c2C=NO)=C1C. The van der Waals surface area contributed by atoms with E-state index in [1.54, 1.807) is 6.21 Å². The van der Waals surface area contributed by atoms with E-state index in [0.717, 1.165) is 22.4 Å². The summed E-state index contributed by atoms with van der Waals surface area (Å²) in [4.78, 5) is 2.08. The number of anilines is 1. The smallest absolute Gasteiger partial charge is 0.0743 e. The van der Waals surface area contributed by atoms with Gasteiger partial charge in [-0.1, -0.05) is 29.8 Å². The second-order valence-corrected chi connectivity index (χ2v) is 5.99. The first-order valence-electron chi connectivity index (χ1n) is 7.26. The summed E-state index contributed by atoms with van der Waals surface area (Å²) in [6, 6.07) is 4.28. The largest absolute Gasteiger partial charge is 0.411 e. The Morgan fingerprint density at radius 2 is 1.86 bits per heavy atom. The molecule has 1 aromatic rings. The maximum atomic E-state index is 9.05. The first-order chi connectivity index (χ1) is 9.88. The summed E-state index contributed by atoms with van der Waals surface area (Å²) < 4.78 is 0. The Hall–Kier alpha value is -2.03. The van der Waals surface area contributed by atoms with Crippen LogP contribution in [0.1, 0.15) is 37.5 Å². The zero-order valence-electron chi connectivity index (χ0n) is 13.7. The van der Waals surface area contributed by atoms with Crippen molar-refractivity contribution in [3.05, 3.63) is 46.0 Å². The van der Waals surface area contributed by atoms with Crippen molar-refractivity contribution >= 4 is 17.5 Å². The maximum absolute atomic E-state index is 9.05. The molecule has 112 valence electrons. The summed E-state index contributed by atoms with van der Waals surface area (Å²) in [5.41, 5.74) is 8.42. The fourth-order valence-corrected chi connectivity index (χ4v) is 3.25. The highest BCUT2D eigenvalue weighted by Crippen LogP contribution is 2.40. The van der Waals surface area contributed by atoms with Crippen LogP contribution in [0, 0.1) is 12.8 Å². The molecule has 3 heteroatoms. The topological polar surface area (TPSA) is 35.8 Å². The Balaban J connectivity index is 2.69. The summed E-state index contributed by atoms with van der Waals surface area (Å²) in [5.74, 6) is 0.389. The van der Waals surface area contributed by atoms with E-state index in [-0.39, 0.29) is 0 Å². The summed E-state index contributed by atoms with van der Waals surface area (Å²) in [5, 5.41) is 12.3. The number of hydrogen-bond acceptors (Lipinski definition) is 3. The number of hydrogen-bond donors (Lipinski definition) is 1. The summed E-state index contributed by atoms with van der Waals surface area (Å²) in [7, 11) is 4.05. The molecule has 0 heterocycles. The van der Waals surface area contributed by atoms with Crippen LogP contribution in [-0.2, 0) is 0 Å². The van der Waals surface area contributed by atoms with Crippen molar-refractivity contribution in [2.75, 3.05) is 19.0 Å². The molecule has 1 unspecified atom stereocenters. The van der Waals surface area contributed by atoms with Crippen LogP contribution in [-0.4, -0.2) is 25.5 Å². The highest BCUT2D eigenvalue weighted by Gasteiger charge is 2.23. The van der Waals surface area contributed by atoms with Gasteiger partial charge in [0.05, 0.1) is 6.21 Å². The lowest BCUT2D eigenvalue weighted by Crippen LogP contribution is -2.12. The van der Waals surface area contributed by atoms with Gasteiger partial charge in [0.25, 0.3) is 0 Å². The molecule has 21 heavy (non-hydrogen) atoms. The van der Waals surface area contributed by atoms with Crippen LogP contribution in [0.2, 0.25) is 0 Å². The van der Waals surface area contributed by atoms with Gasteiger partial charge in [-0.05, 0) is 49.1 Å². The average molecular weight is 284 g/mol. The van der Waals surface area contributed by atoms with E-state index in [2.05, 4.69) is 56.0 Å². The minimum absolute atomic E-state index is 0.389. The molecule has 2 rings (SSSR count). The highest BCUT2D eigenvalue weighted by atomic mass is 16.4. The van der Waals surface area contributed by atoms with Crippen molar-refractivity contribution in [3.63, 3.8) is 0 Å². The van der Waals surface area contributed by atoms with E-state index in [0.29, 0.717) is 5.92 Å². The van der Waals surface area contributed by atoms with Crippen LogP contribution in [0.4, 0.5) is 5.69 Å². The third-order valence-electron chi connectivity index (χ3n) is 4.40. The van der Waals surface area contributed by atoms with Gasteiger partial charge in [0.1, 0.15) is 0 Å². The van der Waals surface area contributed by atoms with Crippen molar-refractivity contribution in [1.82, 2.24) is 0 Å². The van der Waals surface area contributed by atoms with Gasteiger partial charge in [-0.15, -0.1) is 0 Å². The molecule has 3 nitrogen and oxygen atoms in total. The number of allylic oxidation sites excluding steroid dienone is 4. The van der Waals surface area contributed by atoms with Crippen molar-refractivity contribution in [1.29, 1.82) is 0 Å². The molecule has 0 spiro atoms. The zero-order chi connectivity index (χ0) is 15.7. The van der Waals surface area contributed by atoms with Crippen molar-refractivity contribution in [2.24, 2.45) is 11.1 Å². The molecule has 0 saturated heterocycles. The minimum atomic E-state index is 0.389. The van der Waals surface area contributed by atoms with E-state index in [4.69, 9.17) is 5.21 Å². The highest BCUT2D eigenvalue weighted by molar-refractivity contribution is 5.94. The third-order valence-corrected chi connectivity index (χ3v) is 4.40. The Morgan fingerprint density at radius 3 is 2.33 bits per heavy atom. The Kier molecular flexibility index (Phi) is 4.21. The lowest BCUT2D eigenvalue weighted by Gasteiger charge is -2.21. The monoisotopic (exact) mass is 284 g/mol. The van der Waals surface area contributed by atoms with Gasteiger partial charge < -0.3 is 10.1 Å². The van der Waals surface area contributed by atoms with Gasteiger partial charge in [-0.2, -0.15) is 0 Å². The lowest BCUT2D eigenvalue weighted by atomic mass is 9.88. The lowest BCUT2D eigenvalue weighted by molar-refractivity contribution is 0.322. The quantitative estimate of drug-likeness (QED) is 0.512. The van der Waals surface area contributed by atoms with Crippen LogP contribution in [0.3, 0.4) is 0 Å². The standard InChI is InChI=1S/C18H24N2O/c1-11-9-12(2)18(13(11)3)15-7-8-17(20(5)6)14(4)16(15)10-19-21/h7-10,12,21H,1-6H3. The molecule has 1 aliphatic carbocycles.